The average Bonchev–Trinajstić information content (AvgIpc) is 2.43. The van der Waals surface area contributed by atoms with E-state index in [-0.39, 0.29) is 0 Å². The molecule has 0 aromatic heterocycles. The summed E-state index contributed by atoms with van der Waals surface area (Å²) in [5, 5.41) is 1.85. The highest BCUT2D eigenvalue weighted by Crippen LogP contribution is 2.32. The summed E-state index contributed by atoms with van der Waals surface area (Å²) in [4.78, 5) is 0. The second-order valence-electron chi connectivity index (χ2n) is 4.40. The minimum atomic E-state index is -0.429. The molecule has 6 heteroatoms. The van der Waals surface area contributed by atoms with Crippen molar-refractivity contribution in [2.24, 2.45) is 11.5 Å². The first-order valence-corrected chi connectivity index (χ1v) is 7.32. The zero-order valence-electron chi connectivity index (χ0n) is 10.3. The number of nitrogens with two attached hydrogens (primary N) is 2. The maximum Gasteiger partial charge on any atom is 0.0595 e. The molecule has 4 N–H and O–H groups in total. The van der Waals surface area contributed by atoms with Gasteiger partial charge in [0.25, 0.3) is 0 Å². The highest BCUT2D eigenvalue weighted by atomic mass is 35.5. The molecule has 0 saturated heterocycles. The van der Waals surface area contributed by atoms with Crippen molar-refractivity contribution >= 4 is 46.4 Å². The van der Waals surface area contributed by atoms with E-state index < -0.39 is 12.1 Å². The summed E-state index contributed by atoms with van der Waals surface area (Å²) in [6.07, 6.45) is 0. The van der Waals surface area contributed by atoms with Gasteiger partial charge in [-0.1, -0.05) is 58.5 Å². The van der Waals surface area contributed by atoms with E-state index in [1.807, 2.05) is 0 Å². The molecule has 0 amide bonds. The van der Waals surface area contributed by atoms with E-state index in [0.717, 1.165) is 11.1 Å². The van der Waals surface area contributed by atoms with Crippen molar-refractivity contribution in [3.8, 4) is 0 Å². The van der Waals surface area contributed by atoms with Gasteiger partial charge in [-0.15, -0.1) is 0 Å². The Morgan fingerprint density at radius 3 is 1.25 bits per heavy atom. The van der Waals surface area contributed by atoms with Gasteiger partial charge in [0, 0.05) is 12.1 Å². The largest absolute Gasteiger partial charge is 0.322 e. The van der Waals surface area contributed by atoms with Crippen molar-refractivity contribution in [2.75, 3.05) is 0 Å². The number of hydrogen-bond acceptors (Lipinski definition) is 2. The molecule has 0 radical (unpaired) electrons. The van der Waals surface area contributed by atoms with E-state index in [1.54, 1.807) is 36.4 Å². The van der Waals surface area contributed by atoms with Gasteiger partial charge in [0.2, 0.25) is 0 Å². The first-order valence-electron chi connectivity index (χ1n) is 5.81. The molecule has 2 rings (SSSR count). The van der Waals surface area contributed by atoms with Gasteiger partial charge in [0.15, 0.2) is 0 Å². The first kappa shape index (κ1) is 15.9. The van der Waals surface area contributed by atoms with Gasteiger partial charge in [-0.25, -0.2) is 0 Å². The Kier molecular flexibility index (Phi) is 5.19. The van der Waals surface area contributed by atoms with E-state index >= 15 is 0 Å². The van der Waals surface area contributed by atoms with Crippen molar-refractivity contribution in [3.05, 3.63) is 67.6 Å². The molecule has 0 unspecified atom stereocenters. The maximum atomic E-state index is 6.17. The van der Waals surface area contributed by atoms with Crippen LogP contribution in [-0.2, 0) is 0 Å². The van der Waals surface area contributed by atoms with Crippen LogP contribution in [0.1, 0.15) is 23.2 Å². The standard InChI is InChI=1S/C14H12Cl4N2/c15-9-3-1-7(5-11(9)17)13(19)14(20)8-2-4-10(16)12(18)6-8/h1-6,13-14H,19-20H2/t13-,14+. The van der Waals surface area contributed by atoms with E-state index in [2.05, 4.69) is 0 Å². The molecule has 106 valence electrons. The summed E-state index contributed by atoms with van der Waals surface area (Å²) >= 11 is 23.7. The van der Waals surface area contributed by atoms with E-state index in [4.69, 9.17) is 57.9 Å². The van der Waals surface area contributed by atoms with Gasteiger partial charge in [-0.2, -0.15) is 0 Å². The zero-order chi connectivity index (χ0) is 14.9. The topological polar surface area (TPSA) is 52.0 Å². The van der Waals surface area contributed by atoms with Crippen molar-refractivity contribution < 1.29 is 0 Å². The summed E-state index contributed by atoms with van der Waals surface area (Å²) in [6, 6.07) is 9.56. The third kappa shape index (κ3) is 3.40. The van der Waals surface area contributed by atoms with E-state index in [1.165, 1.54) is 0 Å². The Morgan fingerprint density at radius 2 is 0.950 bits per heavy atom. The van der Waals surface area contributed by atoms with Crippen molar-refractivity contribution in [1.29, 1.82) is 0 Å². The molecule has 0 heterocycles. The third-order valence-electron chi connectivity index (χ3n) is 3.04. The molecule has 2 aromatic carbocycles. The minimum Gasteiger partial charge on any atom is -0.322 e. The van der Waals surface area contributed by atoms with Gasteiger partial charge < -0.3 is 11.5 Å². The first-order chi connectivity index (χ1) is 9.40. The monoisotopic (exact) mass is 348 g/mol. The van der Waals surface area contributed by atoms with Crippen molar-refractivity contribution in [1.82, 2.24) is 0 Å². The Bertz CT molecular complexity index is 575. The van der Waals surface area contributed by atoms with Crippen LogP contribution in [0.5, 0.6) is 0 Å². The smallest absolute Gasteiger partial charge is 0.0595 e. The molecule has 0 aliphatic carbocycles. The Balaban J connectivity index is 2.29. The van der Waals surface area contributed by atoms with Gasteiger partial charge >= 0.3 is 0 Å². The lowest BCUT2D eigenvalue weighted by molar-refractivity contribution is 0.574. The number of hydrogen-bond donors (Lipinski definition) is 2. The summed E-state index contributed by atoms with van der Waals surface area (Å²) in [5.74, 6) is 0. The molecule has 2 atom stereocenters. The summed E-state index contributed by atoms with van der Waals surface area (Å²) in [5.41, 5.74) is 14.0. The fraction of sp³-hybridized carbons (Fsp3) is 0.143. The van der Waals surface area contributed by atoms with E-state index in [0.29, 0.717) is 20.1 Å². The second kappa shape index (κ2) is 6.52. The predicted octanol–water partition coefficient (Wildman–Crippen LogP) is 5.00. The fourth-order valence-electron chi connectivity index (χ4n) is 1.85. The number of rotatable bonds is 3. The highest BCUT2D eigenvalue weighted by molar-refractivity contribution is 6.42. The molecule has 2 nitrogen and oxygen atoms in total. The molecular formula is C14H12Cl4N2. The minimum absolute atomic E-state index is 0.429. The summed E-state index contributed by atoms with van der Waals surface area (Å²) in [6.45, 7) is 0. The number of halogens is 4. The van der Waals surface area contributed by atoms with Crippen LogP contribution in [0.3, 0.4) is 0 Å². The van der Waals surface area contributed by atoms with Crippen LogP contribution in [0, 0.1) is 0 Å². The lowest BCUT2D eigenvalue weighted by Crippen LogP contribution is -2.26. The van der Waals surface area contributed by atoms with Crippen LogP contribution in [0.2, 0.25) is 20.1 Å². The molecule has 0 spiro atoms. The highest BCUT2D eigenvalue weighted by Gasteiger charge is 2.19. The Labute approximate surface area is 137 Å². The molecule has 0 saturated carbocycles. The fourth-order valence-corrected chi connectivity index (χ4v) is 2.47. The van der Waals surface area contributed by atoms with Crippen molar-refractivity contribution in [3.63, 3.8) is 0 Å². The summed E-state index contributed by atoms with van der Waals surface area (Å²) in [7, 11) is 0. The van der Waals surface area contributed by atoms with Crippen LogP contribution < -0.4 is 11.5 Å². The normalized spacial score (nSPS) is 14.1. The molecule has 0 aliphatic rings. The molecule has 0 fully saturated rings. The number of benzene rings is 2. The van der Waals surface area contributed by atoms with Crippen LogP contribution in [0.25, 0.3) is 0 Å². The van der Waals surface area contributed by atoms with Gasteiger partial charge in [-0.05, 0) is 35.4 Å². The Hall–Kier alpha value is -0.480. The average molecular weight is 350 g/mol. The third-order valence-corrected chi connectivity index (χ3v) is 4.52. The molecule has 0 aliphatic heterocycles. The van der Waals surface area contributed by atoms with Crippen LogP contribution >= 0.6 is 46.4 Å². The summed E-state index contributed by atoms with van der Waals surface area (Å²) < 4.78 is 0. The van der Waals surface area contributed by atoms with Gasteiger partial charge in [0.05, 0.1) is 20.1 Å². The zero-order valence-corrected chi connectivity index (χ0v) is 13.3. The lowest BCUT2D eigenvalue weighted by Gasteiger charge is -2.21. The predicted molar refractivity (Wildman–Crippen MR) is 86.8 cm³/mol. The van der Waals surface area contributed by atoms with Gasteiger partial charge in [0.1, 0.15) is 0 Å². The maximum absolute atomic E-state index is 6.17. The van der Waals surface area contributed by atoms with Crippen LogP contribution in [-0.4, -0.2) is 0 Å². The van der Waals surface area contributed by atoms with E-state index in [9.17, 15) is 0 Å². The molecule has 20 heavy (non-hydrogen) atoms. The van der Waals surface area contributed by atoms with Crippen LogP contribution in [0.15, 0.2) is 36.4 Å². The molecule has 0 bridgehead atoms. The quantitative estimate of drug-likeness (QED) is 0.819. The Morgan fingerprint density at radius 1 is 0.600 bits per heavy atom. The van der Waals surface area contributed by atoms with Crippen molar-refractivity contribution in [2.45, 2.75) is 12.1 Å². The SMILES string of the molecule is N[C@H](c1ccc(Cl)c(Cl)c1)[C@@H](N)c1ccc(Cl)c(Cl)c1. The van der Waals surface area contributed by atoms with Gasteiger partial charge in [-0.3, -0.25) is 0 Å². The second-order valence-corrected chi connectivity index (χ2v) is 6.03. The lowest BCUT2D eigenvalue weighted by atomic mass is 9.95. The molecular weight excluding hydrogens is 338 g/mol. The molecule has 2 aromatic rings. The van der Waals surface area contributed by atoms with Crippen LogP contribution in [0.4, 0.5) is 0 Å².